The van der Waals surface area contributed by atoms with Gasteiger partial charge in [0.15, 0.2) is 0 Å². The number of alkyl halides is 1. The second-order valence-electron chi connectivity index (χ2n) is 4.12. The molecule has 2 heterocycles. The van der Waals surface area contributed by atoms with Crippen molar-refractivity contribution in [1.82, 2.24) is 10.2 Å². The molecule has 2 rings (SSSR count). The second-order valence-corrected chi connectivity index (χ2v) is 5.66. The number of amides is 1. The van der Waals surface area contributed by atoms with Crippen LogP contribution in [-0.2, 0) is 9.53 Å². The van der Waals surface area contributed by atoms with Crippen molar-refractivity contribution < 1.29 is 9.53 Å². The van der Waals surface area contributed by atoms with E-state index in [0.717, 1.165) is 26.3 Å². The lowest BCUT2D eigenvalue weighted by atomic mass is 10.2. The van der Waals surface area contributed by atoms with E-state index in [-0.39, 0.29) is 11.9 Å². The van der Waals surface area contributed by atoms with Crippen LogP contribution in [0.2, 0.25) is 0 Å². The predicted octanol–water partition coefficient (Wildman–Crippen LogP) is 1.63. The molecule has 0 radical (unpaired) electrons. The first-order valence-electron chi connectivity index (χ1n) is 5.99. The van der Waals surface area contributed by atoms with Crippen molar-refractivity contribution in [2.75, 3.05) is 38.2 Å². The highest BCUT2D eigenvalue weighted by molar-refractivity contribution is 9.09. The normalized spacial score (nSPS) is 18.5. The summed E-state index contributed by atoms with van der Waals surface area (Å²) in [7, 11) is 0. The van der Waals surface area contributed by atoms with E-state index in [1.54, 1.807) is 11.3 Å². The summed E-state index contributed by atoms with van der Waals surface area (Å²) in [5.41, 5.74) is 0. The molecule has 6 heteroatoms. The largest absolute Gasteiger partial charge is 0.379 e. The van der Waals surface area contributed by atoms with Crippen molar-refractivity contribution >= 4 is 33.2 Å². The van der Waals surface area contributed by atoms with Gasteiger partial charge in [-0.05, 0) is 11.4 Å². The van der Waals surface area contributed by atoms with Crippen molar-refractivity contribution in [3.63, 3.8) is 0 Å². The van der Waals surface area contributed by atoms with E-state index in [4.69, 9.17) is 4.74 Å². The predicted molar refractivity (Wildman–Crippen MR) is 76.3 cm³/mol. The van der Waals surface area contributed by atoms with Crippen LogP contribution in [0.25, 0.3) is 0 Å². The van der Waals surface area contributed by atoms with Crippen molar-refractivity contribution in [3.8, 4) is 0 Å². The van der Waals surface area contributed by atoms with Gasteiger partial charge in [0, 0.05) is 24.5 Å². The minimum Gasteiger partial charge on any atom is -0.379 e. The van der Waals surface area contributed by atoms with Crippen LogP contribution in [0.1, 0.15) is 10.9 Å². The highest BCUT2D eigenvalue weighted by Gasteiger charge is 2.23. The van der Waals surface area contributed by atoms with Gasteiger partial charge in [0.1, 0.15) is 0 Å². The zero-order valence-corrected chi connectivity index (χ0v) is 12.5. The van der Waals surface area contributed by atoms with Gasteiger partial charge in [0.05, 0.1) is 24.6 Å². The van der Waals surface area contributed by atoms with Gasteiger partial charge in [0.25, 0.3) is 0 Å². The van der Waals surface area contributed by atoms with E-state index >= 15 is 0 Å². The second kappa shape index (κ2) is 7.23. The van der Waals surface area contributed by atoms with E-state index in [2.05, 4.69) is 43.7 Å². The summed E-state index contributed by atoms with van der Waals surface area (Å²) in [5, 5.41) is 5.39. The zero-order chi connectivity index (χ0) is 12.8. The SMILES string of the molecule is O=C(CBr)NCC(c1cccs1)N1CCOCC1. The number of thiophene rings is 1. The number of rotatable bonds is 5. The maximum absolute atomic E-state index is 11.4. The maximum atomic E-state index is 11.4. The number of halogens is 1. The summed E-state index contributed by atoms with van der Waals surface area (Å²) in [6.07, 6.45) is 0. The molecule has 4 nitrogen and oxygen atoms in total. The van der Waals surface area contributed by atoms with Gasteiger partial charge >= 0.3 is 0 Å². The molecular formula is C12H17BrN2O2S. The van der Waals surface area contributed by atoms with Gasteiger partial charge in [0.2, 0.25) is 5.91 Å². The Labute approximate surface area is 119 Å². The molecule has 18 heavy (non-hydrogen) atoms. The molecule has 0 aromatic carbocycles. The summed E-state index contributed by atoms with van der Waals surface area (Å²) in [4.78, 5) is 15.0. The Kier molecular flexibility index (Phi) is 5.62. The van der Waals surface area contributed by atoms with Gasteiger partial charge in [-0.15, -0.1) is 11.3 Å². The fraction of sp³-hybridized carbons (Fsp3) is 0.583. The summed E-state index contributed by atoms with van der Waals surface area (Å²) in [5.74, 6) is 0.0322. The molecule has 1 aliphatic rings. The Hall–Kier alpha value is -0.430. The molecule has 1 fully saturated rings. The molecule has 0 bridgehead atoms. The van der Waals surface area contributed by atoms with E-state index in [9.17, 15) is 4.79 Å². The molecule has 1 N–H and O–H groups in total. The average Bonchev–Trinajstić information content (AvgIpc) is 2.94. The first-order chi connectivity index (χ1) is 8.81. The van der Waals surface area contributed by atoms with Gasteiger partial charge in [-0.1, -0.05) is 22.0 Å². The van der Waals surface area contributed by atoms with Crippen molar-refractivity contribution in [2.24, 2.45) is 0 Å². The quantitative estimate of drug-likeness (QED) is 0.833. The van der Waals surface area contributed by atoms with E-state index in [0.29, 0.717) is 11.9 Å². The first-order valence-corrected chi connectivity index (χ1v) is 7.99. The third kappa shape index (κ3) is 3.78. The summed E-state index contributed by atoms with van der Waals surface area (Å²) >= 11 is 4.91. The molecule has 1 unspecified atom stereocenters. The van der Waals surface area contributed by atoms with Crippen LogP contribution in [0.3, 0.4) is 0 Å². The zero-order valence-electron chi connectivity index (χ0n) is 10.1. The Balaban J connectivity index is 2.00. The molecule has 100 valence electrons. The standard InChI is InChI=1S/C12H17BrN2O2S/c13-8-12(16)14-9-10(11-2-1-7-18-11)15-3-5-17-6-4-15/h1-2,7,10H,3-6,8-9H2,(H,14,16). The Morgan fingerprint density at radius 3 is 2.94 bits per heavy atom. The lowest BCUT2D eigenvalue weighted by Crippen LogP contribution is -2.43. The van der Waals surface area contributed by atoms with Crippen LogP contribution < -0.4 is 5.32 Å². The molecule has 0 aliphatic carbocycles. The fourth-order valence-corrected chi connectivity index (χ4v) is 3.10. The van der Waals surface area contributed by atoms with Crippen LogP contribution in [0.5, 0.6) is 0 Å². The molecule has 1 saturated heterocycles. The summed E-state index contributed by atoms with van der Waals surface area (Å²) in [6, 6.07) is 4.45. The minimum atomic E-state index is 0.0322. The van der Waals surface area contributed by atoms with Crippen LogP contribution in [0, 0.1) is 0 Å². The van der Waals surface area contributed by atoms with Crippen LogP contribution in [0.15, 0.2) is 17.5 Å². The molecule has 0 spiro atoms. The number of morpholine rings is 1. The number of carbonyl (C=O) groups is 1. The molecule has 1 aromatic rings. The fourth-order valence-electron chi connectivity index (χ4n) is 2.04. The van der Waals surface area contributed by atoms with Crippen LogP contribution in [-0.4, -0.2) is 49.0 Å². The van der Waals surface area contributed by atoms with Gasteiger partial charge < -0.3 is 10.1 Å². The molecule has 1 atom stereocenters. The van der Waals surface area contributed by atoms with Crippen LogP contribution >= 0.6 is 27.3 Å². The third-order valence-corrected chi connectivity index (χ3v) is 4.45. The maximum Gasteiger partial charge on any atom is 0.230 e. The van der Waals surface area contributed by atoms with Gasteiger partial charge in [-0.2, -0.15) is 0 Å². The molecular weight excluding hydrogens is 316 g/mol. The lowest BCUT2D eigenvalue weighted by Gasteiger charge is -2.34. The van der Waals surface area contributed by atoms with Crippen molar-refractivity contribution in [2.45, 2.75) is 6.04 Å². The summed E-state index contributed by atoms with van der Waals surface area (Å²) < 4.78 is 5.38. The van der Waals surface area contributed by atoms with E-state index < -0.39 is 0 Å². The first kappa shape index (κ1) is 14.0. The lowest BCUT2D eigenvalue weighted by molar-refractivity contribution is -0.118. The average molecular weight is 333 g/mol. The highest BCUT2D eigenvalue weighted by Crippen LogP contribution is 2.25. The van der Waals surface area contributed by atoms with Crippen molar-refractivity contribution in [1.29, 1.82) is 0 Å². The highest BCUT2D eigenvalue weighted by atomic mass is 79.9. The van der Waals surface area contributed by atoms with Crippen molar-refractivity contribution in [3.05, 3.63) is 22.4 Å². The topological polar surface area (TPSA) is 41.6 Å². The smallest absolute Gasteiger partial charge is 0.230 e. The van der Waals surface area contributed by atoms with E-state index in [1.165, 1.54) is 4.88 Å². The number of hydrogen-bond donors (Lipinski definition) is 1. The van der Waals surface area contributed by atoms with Crippen LogP contribution in [0.4, 0.5) is 0 Å². The number of carbonyl (C=O) groups excluding carboxylic acids is 1. The van der Waals surface area contributed by atoms with Gasteiger partial charge in [-0.3, -0.25) is 9.69 Å². The van der Waals surface area contributed by atoms with Gasteiger partial charge in [-0.25, -0.2) is 0 Å². The Morgan fingerprint density at radius 2 is 2.33 bits per heavy atom. The Morgan fingerprint density at radius 1 is 1.56 bits per heavy atom. The number of nitrogens with zero attached hydrogens (tertiary/aromatic N) is 1. The molecule has 1 aliphatic heterocycles. The number of ether oxygens (including phenoxy) is 1. The Bertz CT molecular complexity index is 366. The third-order valence-electron chi connectivity index (χ3n) is 2.97. The minimum absolute atomic E-state index is 0.0322. The molecule has 1 amide bonds. The van der Waals surface area contributed by atoms with E-state index in [1.807, 2.05) is 0 Å². The monoisotopic (exact) mass is 332 g/mol. The molecule has 0 saturated carbocycles. The summed E-state index contributed by atoms with van der Waals surface area (Å²) in [6.45, 7) is 4.05. The number of hydrogen-bond acceptors (Lipinski definition) is 4. The number of nitrogens with one attached hydrogen (secondary N) is 1. The molecule has 1 aromatic heterocycles.